The molecule has 0 spiro atoms. The average Bonchev–Trinajstić information content (AvgIpc) is 1.72. The lowest BCUT2D eigenvalue weighted by molar-refractivity contribution is 0.817. The monoisotopic (exact) mass is 81.1 g/mol. The van der Waals surface area contributed by atoms with Gasteiger partial charge >= 0.3 is 0 Å². The van der Waals surface area contributed by atoms with Crippen LogP contribution < -0.4 is 0 Å². The molecule has 0 unspecified atom stereocenters. The van der Waals surface area contributed by atoms with E-state index in [0.29, 0.717) is 0 Å². The molecule has 0 bridgehead atoms. The summed E-state index contributed by atoms with van der Waals surface area (Å²) in [7, 11) is 0. The van der Waals surface area contributed by atoms with Crippen molar-refractivity contribution in [3.8, 4) is 0 Å². The lowest BCUT2D eigenvalue weighted by atomic mass is 10.1. The molecule has 1 aliphatic carbocycles. The molecule has 0 saturated carbocycles. The quantitative estimate of drug-likeness (QED) is 0.391. The van der Waals surface area contributed by atoms with E-state index in [1.54, 1.807) is 0 Å². The SMILES string of the molecule is C1=CCCC[CH-]1. The Labute approximate surface area is 38.9 Å². The Morgan fingerprint density at radius 3 is 2.67 bits per heavy atom. The Hall–Kier alpha value is -0.390. The molecule has 1 aliphatic rings. The topological polar surface area (TPSA) is 0 Å². The van der Waals surface area contributed by atoms with Gasteiger partial charge in [0, 0.05) is 0 Å². The molecule has 0 radical (unpaired) electrons. The number of hydrogen-bond donors (Lipinski definition) is 0. The lowest BCUT2D eigenvalue weighted by Gasteiger charge is -2.07. The lowest BCUT2D eigenvalue weighted by Crippen LogP contribution is -1.78. The standard InChI is InChI=1S/C6H9/c1-2-4-6-5-3-1/h1-3H,4-6H2/q-1. The third-order valence-electron chi connectivity index (χ3n) is 1.01. The summed E-state index contributed by atoms with van der Waals surface area (Å²) in [5.74, 6) is 0. The van der Waals surface area contributed by atoms with Gasteiger partial charge in [0.25, 0.3) is 0 Å². The highest BCUT2D eigenvalue weighted by Crippen LogP contribution is 2.06. The Morgan fingerprint density at radius 2 is 2.50 bits per heavy atom. The highest BCUT2D eigenvalue weighted by atomic mass is 13.9. The van der Waals surface area contributed by atoms with Crippen molar-refractivity contribution in [2.24, 2.45) is 0 Å². The van der Waals surface area contributed by atoms with Crippen LogP contribution in [-0.2, 0) is 0 Å². The predicted octanol–water partition coefficient (Wildman–Crippen LogP) is 1.93. The van der Waals surface area contributed by atoms with Crippen LogP contribution in [0, 0.1) is 6.42 Å². The van der Waals surface area contributed by atoms with Crippen molar-refractivity contribution in [2.45, 2.75) is 19.3 Å². The predicted molar refractivity (Wildman–Crippen MR) is 27.3 cm³/mol. The molecular weight excluding hydrogens is 72.1 g/mol. The summed E-state index contributed by atoms with van der Waals surface area (Å²) in [6.45, 7) is 0. The highest BCUT2D eigenvalue weighted by Gasteiger charge is 1.77. The molecule has 0 nitrogen and oxygen atoms in total. The maximum Gasteiger partial charge on any atom is -0.0770 e. The molecule has 0 N–H and O–H groups in total. The zero-order valence-corrected chi connectivity index (χ0v) is 3.85. The van der Waals surface area contributed by atoms with E-state index in [1.807, 2.05) is 0 Å². The fraction of sp³-hybridized carbons (Fsp3) is 0.500. The van der Waals surface area contributed by atoms with Crippen LogP contribution in [0.1, 0.15) is 19.3 Å². The molecule has 0 aromatic carbocycles. The van der Waals surface area contributed by atoms with Gasteiger partial charge in [0.05, 0.1) is 0 Å². The van der Waals surface area contributed by atoms with Gasteiger partial charge in [-0.3, -0.25) is 0 Å². The minimum atomic E-state index is 1.29. The van der Waals surface area contributed by atoms with Crippen molar-refractivity contribution in [2.75, 3.05) is 0 Å². The molecule has 6 heavy (non-hydrogen) atoms. The van der Waals surface area contributed by atoms with Gasteiger partial charge in [-0.25, -0.2) is 18.6 Å². The Kier molecular flexibility index (Phi) is 1.21. The molecule has 0 heterocycles. The Balaban J connectivity index is 2.26. The minimum absolute atomic E-state index is 1.29. The zero-order valence-electron chi connectivity index (χ0n) is 3.85. The van der Waals surface area contributed by atoms with Gasteiger partial charge in [-0.05, 0) is 0 Å². The van der Waals surface area contributed by atoms with Crippen LogP contribution in [0.2, 0.25) is 0 Å². The minimum Gasteiger partial charge on any atom is -0.232 e. The average molecular weight is 81.1 g/mol. The molecule has 0 aliphatic heterocycles. The van der Waals surface area contributed by atoms with Crippen LogP contribution in [-0.4, -0.2) is 0 Å². The molecule has 0 amide bonds. The number of allylic oxidation sites excluding steroid dienone is 2. The normalized spacial score (nSPS) is 20.0. The summed E-state index contributed by atoms with van der Waals surface area (Å²) < 4.78 is 0. The van der Waals surface area contributed by atoms with E-state index in [1.165, 1.54) is 19.3 Å². The fourth-order valence-electron chi connectivity index (χ4n) is 0.642. The van der Waals surface area contributed by atoms with Gasteiger partial charge in [0.15, 0.2) is 0 Å². The van der Waals surface area contributed by atoms with Crippen molar-refractivity contribution in [3.63, 3.8) is 0 Å². The summed E-state index contributed by atoms with van der Waals surface area (Å²) in [5.41, 5.74) is 0. The molecule has 0 fully saturated rings. The first-order valence-electron chi connectivity index (χ1n) is 2.48. The summed E-state index contributed by atoms with van der Waals surface area (Å²) in [4.78, 5) is 0. The van der Waals surface area contributed by atoms with E-state index >= 15 is 0 Å². The molecule has 0 saturated heterocycles. The van der Waals surface area contributed by atoms with Crippen molar-refractivity contribution < 1.29 is 0 Å². The van der Waals surface area contributed by atoms with Gasteiger partial charge in [0.1, 0.15) is 0 Å². The molecule has 1 rings (SSSR count). The van der Waals surface area contributed by atoms with Crippen LogP contribution in [0.5, 0.6) is 0 Å². The van der Waals surface area contributed by atoms with E-state index < -0.39 is 0 Å². The third-order valence-corrected chi connectivity index (χ3v) is 1.01. The smallest absolute Gasteiger partial charge is 0.0770 e. The van der Waals surface area contributed by atoms with Crippen molar-refractivity contribution in [1.29, 1.82) is 0 Å². The maximum atomic E-state index is 2.21. The van der Waals surface area contributed by atoms with E-state index in [9.17, 15) is 0 Å². The van der Waals surface area contributed by atoms with Crippen LogP contribution in [0.3, 0.4) is 0 Å². The molecule has 34 valence electrons. The Morgan fingerprint density at radius 1 is 1.50 bits per heavy atom. The van der Waals surface area contributed by atoms with E-state index in [0.717, 1.165) is 0 Å². The van der Waals surface area contributed by atoms with Crippen LogP contribution in [0.15, 0.2) is 12.2 Å². The number of hydrogen-bond acceptors (Lipinski definition) is 0. The van der Waals surface area contributed by atoms with Crippen molar-refractivity contribution >= 4 is 0 Å². The summed E-state index contributed by atoms with van der Waals surface area (Å²) >= 11 is 0. The Bertz CT molecular complexity index is 45.1. The van der Waals surface area contributed by atoms with Crippen LogP contribution in [0.25, 0.3) is 0 Å². The molecule has 0 atom stereocenters. The first-order chi connectivity index (χ1) is 3.00. The second-order valence-electron chi connectivity index (χ2n) is 1.59. The zero-order chi connectivity index (χ0) is 4.24. The van der Waals surface area contributed by atoms with Gasteiger partial charge in [-0.1, -0.05) is 6.42 Å². The summed E-state index contributed by atoms with van der Waals surface area (Å²) in [6, 6.07) is 0. The second-order valence-corrected chi connectivity index (χ2v) is 1.59. The maximum absolute atomic E-state index is 2.21. The first kappa shape index (κ1) is 3.79. The molecule has 0 aromatic rings. The summed E-state index contributed by atoms with van der Waals surface area (Å²) in [6.07, 6.45) is 10.5. The summed E-state index contributed by atoms with van der Waals surface area (Å²) in [5, 5.41) is 0. The van der Waals surface area contributed by atoms with Crippen LogP contribution >= 0.6 is 0 Å². The van der Waals surface area contributed by atoms with Crippen molar-refractivity contribution in [1.82, 2.24) is 0 Å². The van der Waals surface area contributed by atoms with E-state index in [2.05, 4.69) is 18.6 Å². The molecule has 0 heteroatoms. The third kappa shape index (κ3) is 0.781. The van der Waals surface area contributed by atoms with E-state index in [4.69, 9.17) is 0 Å². The van der Waals surface area contributed by atoms with Gasteiger partial charge < -0.3 is 0 Å². The largest absolute Gasteiger partial charge is 0.232 e. The van der Waals surface area contributed by atoms with Gasteiger partial charge in [-0.15, -0.1) is 12.8 Å². The number of rotatable bonds is 0. The van der Waals surface area contributed by atoms with Crippen LogP contribution in [0.4, 0.5) is 0 Å². The highest BCUT2D eigenvalue weighted by molar-refractivity contribution is 4.98. The van der Waals surface area contributed by atoms with Gasteiger partial charge in [-0.2, -0.15) is 0 Å². The van der Waals surface area contributed by atoms with Crippen molar-refractivity contribution in [3.05, 3.63) is 18.6 Å². The van der Waals surface area contributed by atoms with Gasteiger partial charge in [0.2, 0.25) is 0 Å². The van der Waals surface area contributed by atoms with E-state index in [-0.39, 0.29) is 0 Å². The second kappa shape index (κ2) is 1.91. The fourth-order valence-corrected chi connectivity index (χ4v) is 0.642. The molecule has 0 aromatic heterocycles. The first-order valence-corrected chi connectivity index (χ1v) is 2.48. The molecular formula is C6H9-.